The zero-order valence-corrected chi connectivity index (χ0v) is 9.49. The van der Waals surface area contributed by atoms with Crippen molar-refractivity contribution >= 4 is 23.2 Å². The van der Waals surface area contributed by atoms with Gasteiger partial charge in [-0.2, -0.15) is 18.2 Å². The molecule has 0 atom stereocenters. The van der Waals surface area contributed by atoms with Crippen LogP contribution in [0.15, 0.2) is 17.3 Å². The van der Waals surface area contributed by atoms with Gasteiger partial charge in [-0.05, 0) is 29.8 Å². The predicted octanol–water partition coefficient (Wildman–Crippen LogP) is 3.96. The van der Waals surface area contributed by atoms with E-state index in [-0.39, 0.29) is 17.3 Å². The highest BCUT2D eigenvalue weighted by atomic mass is 32.1. The number of aliphatic imine (C=N–C) groups is 1. The van der Waals surface area contributed by atoms with Gasteiger partial charge >= 0.3 is 6.18 Å². The first-order valence-corrected chi connectivity index (χ1v) is 4.92. The monoisotopic (exact) mass is 246 g/mol. The molecule has 16 heavy (non-hydrogen) atoms. The molecule has 1 rings (SSSR count). The van der Waals surface area contributed by atoms with Gasteiger partial charge in [0.2, 0.25) is 0 Å². The fraction of sp³-hybridized carbons (Fsp3) is 0.400. The molecule has 0 saturated heterocycles. The van der Waals surface area contributed by atoms with E-state index in [1.54, 1.807) is 13.8 Å². The van der Waals surface area contributed by atoms with Crippen LogP contribution in [0.1, 0.15) is 30.9 Å². The summed E-state index contributed by atoms with van der Waals surface area (Å²) in [7, 11) is 0. The lowest BCUT2D eigenvalue weighted by Gasteiger charge is -2.14. The number of aromatic nitrogens is 1. The molecule has 0 aromatic carbocycles. The first-order valence-electron chi connectivity index (χ1n) is 4.51. The second-order valence-corrected chi connectivity index (χ2v) is 3.67. The maximum absolute atomic E-state index is 12.7. The third kappa shape index (κ3) is 2.87. The van der Waals surface area contributed by atoms with Crippen LogP contribution in [0.25, 0.3) is 0 Å². The van der Waals surface area contributed by atoms with Crippen molar-refractivity contribution in [2.45, 2.75) is 25.9 Å². The molecule has 0 amide bonds. The number of pyridine rings is 1. The molecule has 0 unspecified atom stereocenters. The van der Waals surface area contributed by atoms with Gasteiger partial charge in [-0.1, -0.05) is 13.8 Å². The average Bonchev–Trinajstić information content (AvgIpc) is 2.16. The van der Waals surface area contributed by atoms with Crippen LogP contribution in [0.4, 0.5) is 19.0 Å². The number of nitrogens with zero attached hydrogens (tertiary/aromatic N) is 2. The lowest BCUT2D eigenvalue weighted by atomic mass is 9.99. The second kappa shape index (κ2) is 4.72. The van der Waals surface area contributed by atoms with Crippen molar-refractivity contribution in [3.05, 3.63) is 23.4 Å². The Labute approximate surface area is 96.2 Å². The van der Waals surface area contributed by atoms with Crippen molar-refractivity contribution in [3.8, 4) is 0 Å². The van der Waals surface area contributed by atoms with E-state index in [4.69, 9.17) is 0 Å². The van der Waals surface area contributed by atoms with Crippen LogP contribution in [0, 0.1) is 0 Å². The molecule has 86 valence electrons. The van der Waals surface area contributed by atoms with Crippen LogP contribution in [0.2, 0.25) is 0 Å². The molecule has 0 aliphatic heterocycles. The van der Waals surface area contributed by atoms with E-state index in [0.717, 1.165) is 6.07 Å². The number of rotatable bonds is 2. The van der Waals surface area contributed by atoms with Gasteiger partial charge in [0.25, 0.3) is 0 Å². The van der Waals surface area contributed by atoms with Crippen molar-refractivity contribution in [3.63, 3.8) is 0 Å². The summed E-state index contributed by atoms with van der Waals surface area (Å²) in [6, 6.07) is 0.884. The van der Waals surface area contributed by atoms with Crippen molar-refractivity contribution in [2.75, 3.05) is 0 Å². The van der Waals surface area contributed by atoms with E-state index in [1.807, 2.05) is 5.16 Å². The molecule has 0 radical (unpaired) electrons. The summed E-state index contributed by atoms with van der Waals surface area (Å²) in [6.45, 7) is 3.35. The third-order valence-electron chi connectivity index (χ3n) is 2.01. The highest BCUT2D eigenvalue weighted by Crippen LogP contribution is 2.36. The molecule has 0 saturated carbocycles. The van der Waals surface area contributed by atoms with Crippen LogP contribution in [0.3, 0.4) is 0 Å². The molecule has 0 aliphatic carbocycles. The summed E-state index contributed by atoms with van der Waals surface area (Å²) in [5.74, 6) is -0.332. The highest BCUT2D eigenvalue weighted by Gasteiger charge is 2.34. The topological polar surface area (TPSA) is 25.2 Å². The quantitative estimate of drug-likeness (QED) is 0.583. The van der Waals surface area contributed by atoms with Gasteiger partial charge in [0, 0.05) is 6.20 Å². The maximum Gasteiger partial charge on any atom is 0.416 e. The van der Waals surface area contributed by atoms with Crippen molar-refractivity contribution in [2.24, 2.45) is 4.99 Å². The minimum Gasteiger partial charge on any atom is -0.236 e. The summed E-state index contributed by atoms with van der Waals surface area (Å²) in [5.41, 5.74) is -0.572. The summed E-state index contributed by atoms with van der Waals surface area (Å²) < 4.78 is 38.1. The second-order valence-electron chi connectivity index (χ2n) is 3.49. The van der Waals surface area contributed by atoms with Crippen molar-refractivity contribution in [1.82, 2.24) is 4.98 Å². The summed E-state index contributed by atoms with van der Waals surface area (Å²) in [4.78, 5) is 7.20. The normalized spacial score (nSPS) is 11.4. The Balaban J connectivity index is 3.38. The molecule has 6 heteroatoms. The van der Waals surface area contributed by atoms with E-state index in [1.165, 1.54) is 6.20 Å². The first kappa shape index (κ1) is 12.8. The van der Waals surface area contributed by atoms with Gasteiger partial charge in [-0.3, -0.25) is 0 Å². The van der Waals surface area contributed by atoms with E-state index < -0.39 is 11.7 Å². The van der Waals surface area contributed by atoms with E-state index >= 15 is 0 Å². The standard InChI is InChI=1S/C10H9F3N2S/c1-6(2)7-4-14-9(15-5-16)3-8(7)10(11,12)13/h3-4,6H,1-2H3. The molecule has 0 bridgehead atoms. The van der Waals surface area contributed by atoms with Gasteiger partial charge in [-0.15, -0.1) is 0 Å². The van der Waals surface area contributed by atoms with Crippen LogP contribution >= 0.6 is 12.2 Å². The molecule has 0 N–H and O–H groups in total. The van der Waals surface area contributed by atoms with Gasteiger partial charge < -0.3 is 0 Å². The zero-order chi connectivity index (χ0) is 12.3. The molecule has 0 spiro atoms. The Bertz CT molecular complexity index is 434. The fourth-order valence-corrected chi connectivity index (χ4v) is 1.36. The highest BCUT2D eigenvalue weighted by molar-refractivity contribution is 7.78. The summed E-state index contributed by atoms with van der Waals surface area (Å²) >= 11 is 4.32. The molecule has 1 aromatic heterocycles. The Morgan fingerprint density at radius 3 is 2.50 bits per heavy atom. The maximum atomic E-state index is 12.7. The Morgan fingerprint density at radius 1 is 1.44 bits per heavy atom. The Hall–Kier alpha value is -1.26. The van der Waals surface area contributed by atoms with Crippen LogP contribution < -0.4 is 0 Å². The third-order valence-corrected chi connectivity index (χ3v) is 2.10. The Kier molecular flexibility index (Phi) is 3.78. The van der Waals surface area contributed by atoms with E-state index in [2.05, 4.69) is 22.2 Å². The number of hydrogen-bond donors (Lipinski definition) is 0. The zero-order valence-electron chi connectivity index (χ0n) is 8.67. The summed E-state index contributed by atoms with van der Waals surface area (Å²) in [6.07, 6.45) is -3.23. The lowest BCUT2D eigenvalue weighted by molar-refractivity contribution is -0.138. The van der Waals surface area contributed by atoms with Gasteiger partial charge in [-0.25, -0.2) is 4.98 Å². The fourth-order valence-electron chi connectivity index (χ4n) is 1.27. The number of hydrogen-bond acceptors (Lipinski definition) is 3. The Morgan fingerprint density at radius 2 is 2.06 bits per heavy atom. The van der Waals surface area contributed by atoms with Gasteiger partial charge in [0.1, 0.15) is 0 Å². The minimum absolute atomic E-state index is 0.0771. The molecule has 0 aliphatic rings. The molecular weight excluding hydrogens is 237 g/mol. The van der Waals surface area contributed by atoms with Crippen LogP contribution in [-0.2, 0) is 6.18 Å². The predicted molar refractivity (Wildman–Crippen MR) is 58.0 cm³/mol. The van der Waals surface area contributed by atoms with Crippen molar-refractivity contribution < 1.29 is 13.2 Å². The number of halogens is 3. The van der Waals surface area contributed by atoms with E-state index in [9.17, 15) is 13.2 Å². The number of thiocarbonyl (C=S) groups is 1. The van der Waals surface area contributed by atoms with Crippen LogP contribution in [-0.4, -0.2) is 10.1 Å². The molecule has 0 fully saturated rings. The minimum atomic E-state index is -4.41. The SMILES string of the molecule is CC(C)c1cnc(N=C=S)cc1C(F)(F)F. The number of alkyl halides is 3. The van der Waals surface area contributed by atoms with Gasteiger partial charge in [0.05, 0.1) is 10.7 Å². The largest absolute Gasteiger partial charge is 0.416 e. The lowest BCUT2D eigenvalue weighted by Crippen LogP contribution is -2.10. The molecule has 1 heterocycles. The number of isothiocyanates is 1. The smallest absolute Gasteiger partial charge is 0.236 e. The molecule has 2 nitrogen and oxygen atoms in total. The first-order chi connectivity index (χ1) is 7.36. The summed E-state index contributed by atoms with van der Waals surface area (Å²) in [5, 5.41) is 1.99. The van der Waals surface area contributed by atoms with Crippen LogP contribution in [0.5, 0.6) is 0 Å². The molecule has 1 aromatic rings. The van der Waals surface area contributed by atoms with Crippen molar-refractivity contribution in [1.29, 1.82) is 0 Å². The van der Waals surface area contributed by atoms with Gasteiger partial charge in [0.15, 0.2) is 5.82 Å². The average molecular weight is 246 g/mol. The molecular formula is C10H9F3N2S. The van der Waals surface area contributed by atoms with E-state index in [0.29, 0.717) is 0 Å².